The summed E-state index contributed by atoms with van der Waals surface area (Å²) in [5.41, 5.74) is 0.552. The zero-order chi connectivity index (χ0) is 13.2. The maximum Gasteiger partial charge on any atom is 0.383 e. The number of benzene rings is 1. The molecule has 0 atom stereocenters. The third kappa shape index (κ3) is 3.18. The number of hydrogen-bond donors (Lipinski definition) is 1. The van der Waals surface area contributed by atoms with E-state index in [2.05, 4.69) is 15.9 Å². The van der Waals surface area contributed by atoms with Crippen molar-refractivity contribution in [3.63, 3.8) is 0 Å². The van der Waals surface area contributed by atoms with Gasteiger partial charge < -0.3 is 5.32 Å². The van der Waals surface area contributed by atoms with Crippen LogP contribution in [0.2, 0.25) is 0 Å². The summed E-state index contributed by atoms with van der Waals surface area (Å²) >= 11 is 3.14. The van der Waals surface area contributed by atoms with E-state index in [0.29, 0.717) is 10.0 Å². The highest BCUT2D eigenvalue weighted by atomic mass is 79.9. The number of alkyl halides is 4. The van der Waals surface area contributed by atoms with Gasteiger partial charge in [0.25, 0.3) is 0 Å². The summed E-state index contributed by atoms with van der Waals surface area (Å²) in [7, 11) is 0. The Labute approximate surface area is 103 Å². The number of nitrogens with one attached hydrogen (secondary N) is 1. The molecular weight excluding hydrogens is 306 g/mol. The summed E-state index contributed by atoms with van der Waals surface area (Å²) in [6, 6.07) is 4.41. The van der Waals surface area contributed by atoms with Crippen molar-refractivity contribution in [3.05, 3.63) is 28.2 Å². The summed E-state index contributed by atoms with van der Waals surface area (Å²) in [6.07, 6.45) is -4.03. The first kappa shape index (κ1) is 14.0. The molecule has 1 aromatic rings. The van der Waals surface area contributed by atoms with Gasteiger partial charge >= 0.3 is 18.3 Å². The van der Waals surface area contributed by atoms with E-state index in [1.54, 1.807) is 18.3 Å². The molecule has 0 aliphatic rings. The van der Waals surface area contributed by atoms with E-state index in [0.717, 1.165) is 0 Å². The number of carbonyl (C=O) groups excluding carboxylic acids is 1. The van der Waals surface area contributed by atoms with Crippen molar-refractivity contribution in [2.75, 3.05) is 5.32 Å². The molecule has 1 aromatic carbocycles. The SMILES string of the molecule is Cc1cc(Br)ccc1NC(=O)C(F)(F)C(F)F. The quantitative estimate of drug-likeness (QED) is 0.849. The number of halogens is 5. The van der Waals surface area contributed by atoms with Gasteiger partial charge in [0.15, 0.2) is 0 Å². The van der Waals surface area contributed by atoms with Gasteiger partial charge in [-0.3, -0.25) is 4.79 Å². The fourth-order valence-electron chi connectivity index (χ4n) is 1.07. The van der Waals surface area contributed by atoms with Crippen LogP contribution in [0.15, 0.2) is 22.7 Å². The van der Waals surface area contributed by atoms with Gasteiger partial charge in [0.1, 0.15) is 0 Å². The number of anilines is 1. The largest absolute Gasteiger partial charge is 0.383 e. The molecule has 0 aromatic heterocycles. The Kier molecular flexibility index (Phi) is 4.13. The molecule has 0 saturated carbocycles. The van der Waals surface area contributed by atoms with Gasteiger partial charge in [0.2, 0.25) is 0 Å². The predicted octanol–water partition coefficient (Wildman–Crippen LogP) is 3.60. The average Bonchev–Trinajstić information content (AvgIpc) is 2.21. The number of carbonyl (C=O) groups is 1. The van der Waals surface area contributed by atoms with Crippen LogP contribution in [0.1, 0.15) is 5.56 Å². The summed E-state index contributed by atoms with van der Waals surface area (Å²) in [4.78, 5) is 11.0. The third-order valence-electron chi connectivity index (χ3n) is 2.01. The highest BCUT2D eigenvalue weighted by molar-refractivity contribution is 9.10. The molecule has 1 N–H and O–H groups in total. The van der Waals surface area contributed by atoms with Crippen LogP contribution in [0.5, 0.6) is 0 Å². The normalized spacial score (nSPS) is 11.7. The van der Waals surface area contributed by atoms with Crippen molar-refractivity contribution >= 4 is 27.5 Å². The number of rotatable bonds is 3. The second-order valence-electron chi connectivity index (χ2n) is 3.34. The van der Waals surface area contributed by atoms with Gasteiger partial charge in [0.05, 0.1) is 0 Å². The van der Waals surface area contributed by atoms with Gasteiger partial charge in [-0.1, -0.05) is 15.9 Å². The molecule has 0 aliphatic heterocycles. The first-order valence-electron chi connectivity index (χ1n) is 4.48. The minimum atomic E-state index is -4.69. The van der Waals surface area contributed by atoms with E-state index in [4.69, 9.17) is 0 Å². The van der Waals surface area contributed by atoms with Crippen LogP contribution >= 0.6 is 15.9 Å². The van der Waals surface area contributed by atoms with Crippen LogP contribution in [0.3, 0.4) is 0 Å². The monoisotopic (exact) mass is 313 g/mol. The smallest absolute Gasteiger partial charge is 0.320 e. The standard InChI is InChI=1S/C10H8BrF4NO/c1-5-4-6(11)2-3-7(5)16-9(17)10(14,15)8(12)13/h2-4,8H,1H3,(H,16,17). The van der Waals surface area contributed by atoms with Gasteiger partial charge in [-0.25, -0.2) is 8.78 Å². The molecule has 0 radical (unpaired) electrons. The van der Waals surface area contributed by atoms with Crippen molar-refractivity contribution in [1.29, 1.82) is 0 Å². The molecule has 1 rings (SSSR count). The van der Waals surface area contributed by atoms with Crippen molar-refractivity contribution in [1.82, 2.24) is 0 Å². The lowest BCUT2D eigenvalue weighted by atomic mass is 10.2. The number of hydrogen-bond acceptors (Lipinski definition) is 1. The zero-order valence-electron chi connectivity index (χ0n) is 8.61. The highest BCUT2D eigenvalue weighted by Crippen LogP contribution is 2.26. The first-order chi connectivity index (χ1) is 7.75. The highest BCUT2D eigenvalue weighted by Gasteiger charge is 2.49. The Balaban J connectivity index is 2.89. The van der Waals surface area contributed by atoms with E-state index in [-0.39, 0.29) is 5.69 Å². The Morgan fingerprint density at radius 2 is 2.00 bits per heavy atom. The van der Waals surface area contributed by atoms with Crippen LogP contribution < -0.4 is 5.32 Å². The molecule has 94 valence electrons. The number of aryl methyl sites for hydroxylation is 1. The van der Waals surface area contributed by atoms with E-state index in [9.17, 15) is 22.4 Å². The Morgan fingerprint density at radius 1 is 1.41 bits per heavy atom. The van der Waals surface area contributed by atoms with Crippen LogP contribution in [0.25, 0.3) is 0 Å². The molecule has 0 unspecified atom stereocenters. The minimum absolute atomic E-state index is 0.0681. The summed E-state index contributed by atoms with van der Waals surface area (Å²) in [5, 5.41) is 1.77. The predicted molar refractivity (Wildman–Crippen MR) is 58.5 cm³/mol. The van der Waals surface area contributed by atoms with E-state index in [1.165, 1.54) is 12.1 Å². The van der Waals surface area contributed by atoms with E-state index in [1.807, 2.05) is 0 Å². The van der Waals surface area contributed by atoms with Gasteiger partial charge in [-0.15, -0.1) is 0 Å². The summed E-state index contributed by atoms with van der Waals surface area (Å²) in [5.74, 6) is -6.71. The Bertz CT molecular complexity index is 436. The molecule has 1 amide bonds. The molecular formula is C10H8BrF4NO. The van der Waals surface area contributed by atoms with Crippen LogP contribution in [0.4, 0.5) is 23.2 Å². The van der Waals surface area contributed by atoms with Crippen LogP contribution in [-0.2, 0) is 4.79 Å². The van der Waals surface area contributed by atoms with Crippen molar-refractivity contribution in [2.45, 2.75) is 19.3 Å². The maximum absolute atomic E-state index is 12.7. The van der Waals surface area contributed by atoms with Gasteiger partial charge in [-0.2, -0.15) is 8.78 Å². The van der Waals surface area contributed by atoms with Crippen molar-refractivity contribution in [3.8, 4) is 0 Å². The van der Waals surface area contributed by atoms with E-state index < -0.39 is 18.3 Å². The maximum atomic E-state index is 12.7. The topological polar surface area (TPSA) is 29.1 Å². The molecule has 0 bridgehead atoms. The van der Waals surface area contributed by atoms with Gasteiger partial charge in [0, 0.05) is 10.2 Å². The molecule has 0 fully saturated rings. The lowest BCUT2D eigenvalue weighted by Crippen LogP contribution is -2.41. The fraction of sp³-hybridized carbons (Fsp3) is 0.300. The second kappa shape index (κ2) is 5.03. The lowest BCUT2D eigenvalue weighted by molar-refractivity contribution is -0.163. The Morgan fingerprint density at radius 3 is 2.47 bits per heavy atom. The molecule has 0 aliphatic carbocycles. The van der Waals surface area contributed by atoms with Crippen LogP contribution in [-0.4, -0.2) is 18.3 Å². The summed E-state index contributed by atoms with van der Waals surface area (Å²) < 4.78 is 49.8. The fourth-order valence-corrected chi connectivity index (χ4v) is 1.55. The van der Waals surface area contributed by atoms with Crippen molar-refractivity contribution < 1.29 is 22.4 Å². The minimum Gasteiger partial charge on any atom is -0.320 e. The molecule has 0 heterocycles. The second-order valence-corrected chi connectivity index (χ2v) is 4.25. The lowest BCUT2D eigenvalue weighted by Gasteiger charge is -2.16. The molecule has 17 heavy (non-hydrogen) atoms. The van der Waals surface area contributed by atoms with Crippen molar-refractivity contribution in [2.24, 2.45) is 0 Å². The Hall–Kier alpha value is -1.11. The number of amides is 1. The molecule has 0 saturated heterocycles. The average molecular weight is 314 g/mol. The summed E-state index contributed by atoms with van der Waals surface area (Å²) in [6.45, 7) is 1.56. The first-order valence-corrected chi connectivity index (χ1v) is 5.28. The molecule has 2 nitrogen and oxygen atoms in total. The van der Waals surface area contributed by atoms with E-state index >= 15 is 0 Å². The third-order valence-corrected chi connectivity index (χ3v) is 2.51. The molecule has 7 heteroatoms. The van der Waals surface area contributed by atoms with Crippen LogP contribution in [0, 0.1) is 6.92 Å². The zero-order valence-corrected chi connectivity index (χ0v) is 10.2. The molecule has 0 spiro atoms. The van der Waals surface area contributed by atoms with Gasteiger partial charge in [-0.05, 0) is 30.7 Å².